The van der Waals surface area contributed by atoms with Crippen molar-refractivity contribution in [3.05, 3.63) is 23.0 Å². The standard InChI is InChI=1S/C14H18ClN3O/c1-18(8-11-7-9-2-3-10(11)6-9)14(19)12-4-5-13(15)17-16-12/h4-5,9-11H,2-3,6-8H2,1H3. The van der Waals surface area contributed by atoms with Crippen molar-refractivity contribution < 1.29 is 4.79 Å². The third-order valence-electron chi connectivity index (χ3n) is 4.59. The summed E-state index contributed by atoms with van der Waals surface area (Å²) in [5, 5.41) is 7.88. The highest BCUT2D eigenvalue weighted by molar-refractivity contribution is 6.29. The first-order chi connectivity index (χ1) is 9.13. The predicted molar refractivity (Wildman–Crippen MR) is 72.9 cm³/mol. The van der Waals surface area contributed by atoms with E-state index in [0.29, 0.717) is 16.8 Å². The largest absolute Gasteiger partial charge is 0.340 e. The Morgan fingerprint density at radius 1 is 1.37 bits per heavy atom. The molecule has 2 aliphatic rings. The van der Waals surface area contributed by atoms with E-state index < -0.39 is 0 Å². The maximum absolute atomic E-state index is 12.2. The number of hydrogen-bond donors (Lipinski definition) is 0. The van der Waals surface area contributed by atoms with E-state index in [2.05, 4.69) is 10.2 Å². The molecule has 1 aromatic rings. The first-order valence-electron chi connectivity index (χ1n) is 6.88. The molecule has 0 aromatic carbocycles. The predicted octanol–water partition coefficient (Wildman–Crippen LogP) is 2.64. The van der Waals surface area contributed by atoms with Crippen LogP contribution in [-0.2, 0) is 0 Å². The van der Waals surface area contributed by atoms with Gasteiger partial charge in [-0.15, -0.1) is 10.2 Å². The SMILES string of the molecule is CN(CC1CC2CCC1C2)C(=O)c1ccc(Cl)nn1. The van der Waals surface area contributed by atoms with E-state index in [9.17, 15) is 4.79 Å². The van der Waals surface area contributed by atoms with Gasteiger partial charge in [-0.3, -0.25) is 4.79 Å². The molecule has 0 radical (unpaired) electrons. The minimum Gasteiger partial charge on any atom is -0.340 e. The average molecular weight is 280 g/mol. The molecule has 1 aromatic heterocycles. The number of nitrogens with zero attached hydrogens (tertiary/aromatic N) is 3. The average Bonchev–Trinajstić information content (AvgIpc) is 3.01. The second-order valence-electron chi connectivity index (χ2n) is 5.86. The van der Waals surface area contributed by atoms with Crippen LogP contribution in [0.4, 0.5) is 0 Å². The lowest BCUT2D eigenvalue weighted by atomic mass is 9.88. The molecular weight excluding hydrogens is 262 g/mol. The number of aromatic nitrogens is 2. The van der Waals surface area contributed by atoms with E-state index in [1.54, 1.807) is 17.0 Å². The minimum atomic E-state index is -0.0630. The molecule has 2 bridgehead atoms. The Balaban J connectivity index is 1.62. The summed E-state index contributed by atoms with van der Waals surface area (Å²) in [6, 6.07) is 3.24. The van der Waals surface area contributed by atoms with Gasteiger partial charge in [0.25, 0.3) is 5.91 Å². The van der Waals surface area contributed by atoms with Crippen molar-refractivity contribution in [1.82, 2.24) is 15.1 Å². The number of halogens is 1. The van der Waals surface area contributed by atoms with Gasteiger partial charge in [-0.1, -0.05) is 18.0 Å². The third kappa shape index (κ3) is 2.59. The highest BCUT2D eigenvalue weighted by Crippen LogP contribution is 2.48. The van der Waals surface area contributed by atoms with Crippen LogP contribution in [0.3, 0.4) is 0 Å². The van der Waals surface area contributed by atoms with E-state index in [4.69, 9.17) is 11.6 Å². The summed E-state index contributed by atoms with van der Waals surface area (Å²) in [6.45, 7) is 0.838. The smallest absolute Gasteiger partial charge is 0.274 e. The number of carbonyl (C=O) groups excluding carboxylic acids is 1. The molecule has 3 unspecified atom stereocenters. The van der Waals surface area contributed by atoms with Crippen molar-refractivity contribution in [3.63, 3.8) is 0 Å². The van der Waals surface area contributed by atoms with E-state index >= 15 is 0 Å². The molecule has 3 rings (SSSR count). The molecule has 4 nitrogen and oxygen atoms in total. The molecule has 0 saturated heterocycles. The van der Waals surface area contributed by atoms with Gasteiger partial charge in [0.05, 0.1) is 0 Å². The molecule has 5 heteroatoms. The van der Waals surface area contributed by atoms with Crippen LogP contribution in [0.1, 0.15) is 36.2 Å². The van der Waals surface area contributed by atoms with Gasteiger partial charge in [-0.2, -0.15) is 0 Å². The summed E-state index contributed by atoms with van der Waals surface area (Å²) in [5.74, 6) is 2.35. The first kappa shape index (κ1) is 12.9. The van der Waals surface area contributed by atoms with Crippen molar-refractivity contribution in [2.75, 3.05) is 13.6 Å². The Hall–Kier alpha value is -1.16. The monoisotopic (exact) mass is 279 g/mol. The van der Waals surface area contributed by atoms with Gasteiger partial charge in [0.2, 0.25) is 0 Å². The van der Waals surface area contributed by atoms with Crippen molar-refractivity contribution in [1.29, 1.82) is 0 Å². The molecule has 102 valence electrons. The fourth-order valence-corrected chi connectivity index (χ4v) is 3.76. The lowest BCUT2D eigenvalue weighted by molar-refractivity contribution is 0.0747. The Morgan fingerprint density at radius 2 is 2.21 bits per heavy atom. The zero-order chi connectivity index (χ0) is 13.4. The summed E-state index contributed by atoms with van der Waals surface area (Å²) in [7, 11) is 1.85. The van der Waals surface area contributed by atoms with E-state index in [1.807, 2.05) is 7.05 Å². The molecule has 3 atom stereocenters. The summed E-state index contributed by atoms with van der Waals surface area (Å²) in [5.41, 5.74) is 0.370. The molecule has 1 heterocycles. The Labute approximate surface area is 118 Å². The normalized spacial score (nSPS) is 28.6. The number of rotatable bonds is 3. The number of carbonyl (C=O) groups is 1. The summed E-state index contributed by atoms with van der Waals surface area (Å²) < 4.78 is 0. The van der Waals surface area contributed by atoms with Crippen LogP contribution < -0.4 is 0 Å². The van der Waals surface area contributed by atoms with E-state index in [-0.39, 0.29) is 5.91 Å². The maximum atomic E-state index is 12.2. The highest BCUT2D eigenvalue weighted by atomic mass is 35.5. The lowest BCUT2D eigenvalue weighted by Crippen LogP contribution is -2.34. The van der Waals surface area contributed by atoms with Crippen LogP contribution in [0, 0.1) is 17.8 Å². The first-order valence-corrected chi connectivity index (χ1v) is 7.26. The number of fused-ring (bicyclic) bond motifs is 2. The molecule has 0 spiro atoms. The van der Waals surface area contributed by atoms with Crippen molar-refractivity contribution in [2.24, 2.45) is 17.8 Å². The Bertz CT molecular complexity index is 476. The van der Waals surface area contributed by atoms with E-state index in [0.717, 1.165) is 18.4 Å². The van der Waals surface area contributed by atoms with Crippen LogP contribution in [0.25, 0.3) is 0 Å². The van der Waals surface area contributed by atoms with Gasteiger partial charge in [0.1, 0.15) is 0 Å². The van der Waals surface area contributed by atoms with Crippen molar-refractivity contribution >= 4 is 17.5 Å². The van der Waals surface area contributed by atoms with Gasteiger partial charge in [0.15, 0.2) is 10.8 Å². The van der Waals surface area contributed by atoms with Crippen LogP contribution in [0.15, 0.2) is 12.1 Å². The molecule has 0 N–H and O–H groups in total. The Kier molecular flexibility index (Phi) is 3.44. The Morgan fingerprint density at radius 3 is 2.79 bits per heavy atom. The molecule has 19 heavy (non-hydrogen) atoms. The summed E-state index contributed by atoms with van der Waals surface area (Å²) in [4.78, 5) is 14.0. The van der Waals surface area contributed by atoms with Crippen molar-refractivity contribution in [2.45, 2.75) is 25.7 Å². The summed E-state index contributed by atoms with van der Waals surface area (Å²) in [6.07, 6.45) is 5.39. The van der Waals surface area contributed by atoms with E-state index in [1.165, 1.54) is 25.7 Å². The highest BCUT2D eigenvalue weighted by Gasteiger charge is 2.40. The van der Waals surface area contributed by atoms with Crippen LogP contribution >= 0.6 is 11.6 Å². The second kappa shape index (κ2) is 5.08. The van der Waals surface area contributed by atoms with Crippen molar-refractivity contribution in [3.8, 4) is 0 Å². The maximum Gasteiger partial charge on any atom is 0.274 e. The van der Waals surface area contributed by atoms with Gasteiger partial charge in [0, 0.05) is 13.6 Å². The fraction of sp³-hybridized carbons (Fsp3) is 0.643. The lowest BCUT2D eigenvalue weighted by Gasteiger charge is -2.26. The number of hydrogen-bond acceptors (Lipinski definition) is 3. The summed E-state index contributed by atoms with van der Waals surface area (Å²) >= 11 is 5.68. The van der Waals surface area contributed by atoms with Gasteiger partial charge < -0.3 is 4.90 Å². The van der Waals surface area contributed by atoms with Gasteiger partial charge in [-0.25, -0.2) is 0 Å². The number of amides is 1. The van der Waals surface area contributed by atoms with Gasteiger partial charge in [-0.05, 0) is 49.1 Å². The van der Waals surface area contributed by atoms with Crippen LogP contribution in [0.5, 0.6) is 0 Å². The minimum absolute atomic E-state index is 0.0630. The molecule has 1 amide bonds. The third-order valence-corrected chi connectivity index (χ3v) is 4.79. The van der Waals surface area contributed by atoms with Gasteiger partial charge >= 0.3 is 0 Å². The topological polar surface area (TPSA) is 46.1 Å². The zero-order valence-electron chi connectivity index (χ0n) is 11.1. The molecule has 0 aliphatic heterocycles. The molecule has 2 aliphatic carbocycles. The van der Waals surface area contributed by atoms with Crippen LogP contribution in [0.2, 0.25) is 5.15 Å². The molecule has 2 saturated carbocycles. The molecule has 2 fully saturated rings. The van der Waals surface area contributed by atoms with Crippen LogP contribution in [-0.4, -0.2) is 34.6 Å². The zero-order valence-corrected chi connectivity index (χ0v) is 11.8. The molecular formula is C14H18ClN3O. The quantitative estimate of drug-likeness (QED) is 0.854. The second-order valence-corrected chi connectivity index (χ2v) is 6.25. The fourth-order valence-electron chi connectivity index (χ4n) is 3.66.